The Labute approximate surface area is 162 Å². The Morgan fingerprint density at radius 1 is 1.19 bits per heavy atom. The Hall–Kier alpha value is -2.51. The van der Waals surface area contributed by atoms with Crippen molar-refractivity contribution < 1.29 is 18.7 Å². The van der Waals surface area contributed by atoms with Gasteiger partial charge in [0.2, 0.25) is 5.91 Å². The summed E-state index contributed by atoms with van der Waals surface area (Å²) < 4.78 is 10.4. The largest absolute Gasteiger partial charge is 0.459 e. The van der Waals surface area contributed by atoms with E-state index in [1.165, 1.54) is 6.26 Å². The lowest BCUT2D eigenvalue weighted by molar-refractivity contribution is -0.116. The lowest BCUT2D eigenvalue weighted by Gasteiger charge is -2.30. The molecule has 144 valence electrons. The van der Waals surface area contributed by atoms with Gasteiger partial charge in [-0.2, -0.15) is 0 Å². The first-order valence-electron chi connectivity index (χ1n) is 8.87. The monoisotopic (exact) mass is 391 g/mol. The van der Waals surface area contributed by atoms with Crippen LogP contribution in [0.15, 0.2) is 41.0 Å². The highest BCUT2D eigenvalue weighted by Crippen LogP contribution is 2.30. The number of rotatable bonds is 7. The van der Waals surface area contributed by atoms with Crippen molar-refractivity contribution in [1.82, 2.24) is 5.32 Å². The molecular weight excluding hydrogens is 370 g/mol. The van der Waals surface area contributed by atoms with Crippen molar-refractivity contribution in [3.8, 4) is 0 Å². The van der Waals surface area contributed by atoms with Crippen molar-refractivity contribution in [2.24, 2.45) is 0 Å². The topological polar surface area (TPSA) is 83.8 Å². The van der Waals surface area contributed by atoms with Crippen LogP contribution in [-0.2, 0) is 9.53 Å². The highest BCUT2D eigenvalue weighted by molar-refractivity contribution is 6.31. The molecule has 0 aliphatic carbocycles. The second-order valence-electron chi connectivity index (χ2n) is 6.15. The lowest BCUT2D eigenvalue weighted by Crippen LogP contribution is -2.36. The molecule has 0 unspecified atom stereocenters. The molecule has 1 fully saturated rings. The predicted octanol–water partition coefficient (Wildman–Crippen LogP) is 2.92. The molecule has 1 saturated heterocycles. The van der Waals surface area contributed by atoms with Crippen molar-refractivity contribution in [2.75, 3.05) is 43.1 Å². The van der Waals surface area contributed by atoms with Gasteiger partial charge in [0.1, 0.15) is 0 Å². The molecule has 2 aromatic rings. The molecule has 27 heavy (non-hydrogen) atoms. The molecule has 0 bridgehead atoms. The standard InChI is InChI=1S/C19H22ClN3O4/c20-14-5-6-16(23-8-11-26-12-9-23)15(13-14)22-18(24)4-1-7-21-19(25)17-3-2-10-27-17/h2-3,5-6,10,13H,1,4,7-9,11-12H2,(H,21,25)(H,22,24). The first-order chi connectivity index (χ1) is 13.1. The molecule has 8 heteroatoms. The molecule has 3 rings (SSSR count). The fourth-order valence-electron chi connectivity index (χ4n) is 2.85. The third-order valence-corrected chi connectivity index (χ3v) is 4.43. The van der Waals surface area contributed by atoms with E-state index in [2.05, 4.69) is 15.5 Å². The molecule has 0 radical (unpaired) electrons. The van der Waals surface area contributed by atoms with E-state index in [1.54, 1.807) is 18.2 Å². The highest BCUT2D eigenvalue weighted by Gasteiger charge is 2.16. The van der Waals surface area contributed by atoms with Gasteiger partial charge in [0.05, 0.1) is 30.9 Å². The summed E-state index contributed by atoms with van der Waals surface area (Å²) in [5.41, 5.74) is 1.62. The van der Waals surface area contributed by atoms with Gasteiger partial charge >= 0.3 is 0 Å². The number of hydrogen-bond donors (Lipinski definition) is 2. The quantitative estimate of drug-likeness (QED) is 0.709. The minimum atomic E-state index is -0.287. The van der Waals surface area contributed by atoms with Gasteiger partial charge in [-0.25, -0.2) is 0 Å². The fraction of sp³-hybridized carbons (Fsp3) is 0.368. The Kier molecular flexibility index (Phi) is 6.73. The summed E-state index contributed by atoms with van der Waals surface area (Å²) in [6, 6.07) is 8.72. The Balaban J connectivity index is 1.50. The first-order valence-corrected chi connectivity index (χ1v) is 9.25. The third kappa shape index (κ3) is 5.48. The van der Waals surface area contributed by atoms with Crippen LogP contribution >= 0.6 is 11.6 Å². The molecule has 2 N–H and O–H groups in total. The van der Waals surface area contributed by atoms with Crippen molar-refractivity contribution >= 4 is 34.8 Å². The number of nitrogens with one attached hydrogen (secondary N) is 2. The average molecular weight is 392 g/mol. The number of carbonyl (C=O) groups excluding carboxylic acids is 2. The number of furan rings is 1. The molecule has 1 aromatic heterocycles. The van der Waals surface area contributed by atoms with Gasteiger partial charge in [0.25, 0.3) is 5.91 Å². The van der Waals surface area contributed by atoms with Crippen LogP contribution in [0.2, 0.25) is 5.02 Å². The maximum Gasteiger partial charge on any atom is 0.286 e. The van der Waals surface area contributed by atoms with Gasteiger partial charge in [-0.1, -0.05) is 11.6 Å². The van der Waals surface area contributed by atoms with Crippen molar-refractivity contribution in [2.45, 2.75) is 12.8 Å². The highest BCUT2D eigenvalue weighted by atomic mass is 35.5. The summed E-state index contributed by atoms with van der Waals surface area (Å²) in [5.74, 6) is -0.155. The summed E-state index contributed by atoms with van der Waals surface area (Å²) in [4.78, 5) is 26.2. The van der Waals surface area contributed by atoms with Crippen molar-refractivity contribution in [3.05, 3.63) is 47.4 Å². The summed E-state index contributed by atoms with van der Waals surface area (Å²) in [6.45, 7) is 3.24. The van der Waals surface area contributed by atoms with Gasteiger partial charge in [0.15, 0.2) is 5.76 Å². The molecule has 2 heterocycles. The lowest BCUT2D eigenvalue weighted by atomic mass is 10.2. The van der Waals surface area contributed by atoms with Crippen molar-refractivity contribution in [3.63, 3.8) is 0 Å². The molecule has 0 atom stereocenters. The van der Waals surface area contributed by atoms with E-state index in [9.17, 15) is 9.59 Å². The van der Waals surface area contributed by atoms with Crippen LogP contribution in [0.5, 0.6) is 0 Å². The SMILES string of the molecule is O=C(CCCNC(=O)c1ccco1)Nc1cc(Cl)ccc1N1CCOCC1. The number of hydrogen-bond acceptors (Lipinski definition) is 5. The molecule has 0 saturated carbocycles. The summed E-state index contributed by atoms with van der Waals surface area (Å²) in [5, 5.41) is 6.21. The summed E-state index contributed by atoms with van der Waals surface area (Å²) in [7, 11) is 0. The van der Waals surface area contributed by atoms with E-state index >= 15 is 0 Å². The maximum atomic E-state index is 12.3. The number of benzene rings is 1. The second kappa shape index (κ2) is 9.43. The minimum Gasteiger partial charge on any atom is -0.459 e. The van der Waals surface area contributed by atoms with Crippen LogP contribution in [0.1, 0.15) is 23.4 Å². The van der Waals surface area contributed by atoms with Crippen LogP contribution in [0.3, 0.4) is 0 Å². The number of nitrogens with zero attached hydrogens (tertiary/aromatic N) is 1. The zero-order valence-electron chi connectivity index (χ0n) is 14.9. The molecule has 1 aromatic carbocycles. The minimum absolute atomic E-state index is 0.126. The number of anilines is 2. The van der Waals surface area contributed by atoms with Gasteiger partial charge < -0.3 is 24.7 Å². The van der Waals surface area contributed by atoms with E-state index in [1.807, 2.05) is 12.1 Å². The molecule has 1 aliphatic rings. The average Bonchev–Trinajstić information content (AvgIpc) is 3.21. The summed E-state index contributed by atoms with van der Waals surface area (Å²) >= 11 is 6.10. The predicted molar refractivity (Wildman–Crippen MR) is 103 cm³/mol. The molecule has 0 spiro atoms. The van der Waals surface area contributed by atoms with Crippen LogP contribution in [0.4, 0.5) is 11.4 Å². The number of carbonyl (C=O) groups is 2. The van der Waals surface area contributed by atoms with Crippen LogP contribution in [0.25, 0.3) is 0 Å². The van der Waals surface area contributed by atoms with Gasteiger partial charge in [0, 0.05) is 31.1 Å². The van der Waals surface area contributed by atoms with Crippen LogP contribution in [0, 0.1) is 0 Å². The zero-order valence-corrected chi connectivity index (χ0v) is 15.6. The van der Waals surface area contributed by atoms with Crippen molar-refractivity contribution in [1.29, 1.82) is 0 Å². The fourth-order valence-corrected chi connectivity index (χ4v) is 3.02. The van der Waals surface area contributed by atoms with E-state index in [0.717, 1.165) is 18.8 Å². The number of amides is 2. The molecule has 2 amide bonds. The smallest absolute Gasteiger partial charge is 0.286 e. The van der Waals surface area contributed by atoms with Gasteiger partial charge in [-0.05, 0) is 36.8 Å². The Morgan fingerprint density at radius 2 is 2.00 bits per heavy atom. The van der Waals surface area contributed by atoms with E-state index in [0.29, 0.717) is 36.9 Å². The van der Waals surface area contributed by atoms with E-state index in [4.69, 9.17) is 20.8 Å². The maximum absolute atomic E-state index is 12.3. The number of halogens is 1. The van der Waals surface area contributed by atoms with Gasteiger partial charge in [-0.15, -0.1) is 0 Å². The Morgan fingerprint density at radius 3 is 2.74 bits per heavy atom. The van der Waals surface area contributed by atoms with Crippen LogP contribution in [-0.4, -0.2) is 44.7 Å². The molecule has 7 nitrogen and oxygen atoms in total. The normalized spacial score (nSPS) is 14.0. The summed E-state index contributed by atoms with van der Waals surface area (Å²) in [6.07, 6.45) is 2.25. The molecular formula is C19H22ClN3O4. The van der Waals surface area contributed by atoms with Gasteiger partial charge in [-0.3, -0.25) is 9.59 Å². The Bertz CT molecular complexity index is 773. The third-order valence-electron chi connectivity index (χ3n) is 4.20. The number of ether oxygens (including phenoxy) is 1. The first kappa shape index (κ1) is 19.3. The van der Waals surface area contributed by atoms with Crippen LogP contribution < -0.4 is 15.5 Å². The molecule has 1 aliphatic heterocycles. The number of morpholine rings is 1. The van der Waals surface area contributed by atoms with E-state index in [-0.39, 0.29) is 24.0 Å². The van der Waals surface area contributed by atoms with E-state index < -0.39 is 0 Å². The second-order valence-corrected chi connectivity index (χ2v) is 6.58. The zero-order chi connectivity index (χ0) is 19.1.